The number of ether oxygens (including phenoxy) is 1. The van der Waals surface area contributed by atoms with E-state index in [-0.39, 0.29) is 11.5 Å². The van der Waals surface area contributed by atoms with Crippen LogP contribution in [0.5, 0.6) is 0 Å². The van der Waals surface area contributed by atoms with Crippen LogP contribution in [-0.2, 0) is 9.53 Å². The van der Waals surface area contributed by atoms with Crippen LogP contribution in [-0.4, -0.2) is 43.2 Å². The lowest BCUT2D eigenvalue weighted by molar-refractivity contribution is -0.138. The Kier molecular flexibility index (Phi) is 3.89. The van der Waals surface area contributed by atoms with Gasteiger partial charge in [0.25, 0.3) is 0 Å². The molecule has 1 saturated heterocycles. The first-order valence-electron chi connectivity index (χ1n) is 5.14. The average molecular weight is 200 g/mol. The van der Waals surface area contributed by atoms with E-state index in [2.05, 4.69) is 6.92 Å². The summed E-state index contributed by atoms with van der Waals surface area (Å²) in [4.78, 5) is 13.5. The Morgan fingerprint density at radius 2 is 2.36 bits per heavy atom. The number of likely N-dealkylation sites (tertiary alicyclic amines) is 1. The van der Waals surface area contributed by atoms with E-state index in [0.29, 0.717) is 19.5 Å². The molecule has 82 valence electrons. The van der Waals surface area contributed by atoms with Gasteiger partial charge in [-0.25, -0.2) is 0 Å². The smallest absolute Gasteiger partial charge is 0.223 e. The number of amides is 1. The maximum atomic E-state index is 11.6. The Morgan fingerprint density at radius 3 is 2.93 bits per heavy atom. The van der Waals surface area contributed by atoms with Gasteiger partial charge in [0, 0.05) is 33.2 Å². The van der Waals surface area contributed by atoms with E-state index in [0.717, 1.165) is 19.4 Å². The van der Waals surface area contributed by atoms with E-state index in [9.17, 15) is 4.79 Å². The molecule has 1 unspecified atom stereocenters. The summed E-state index contributed by atoms with van der Waals surface area (Å²) in [7, 11) is 1.71. The number of nitrogens with two attached hydrogens (primary N) is 1. The fourth-order valence-corrected chi connectivity index (χ4v) is 1.87. The Bertz CT molecular complexity index is 208. The third kappa shape index (κ3) is 2.69. The Morgan fingerprint density at radius 1 is 1.64 bits per heavy atom. The van der Waals surface area contributed by atoms with Gasteiger partial charge in [0.2, 0.25) is 5.91 Å². The third-order valence-electron chi connectivity index (χ3n) is 2.86. The lowest BCUT2D eigenvalue weighted by Gasteiger charge is -2.39. The second-order valence-electron chi connectivity index (χ2n) is 4.11. The fourth-order valence-electron chi connectivity index (χ4n) is 1.87. The molecule has 1 amide bonds. The number of nitrogens with zero attached hydrogens (tertiary/aromatic N) is 1. The highest BCUT2D eigenvalue weighted by atomic mass is 16.5. The first-order chi connectivity index (χ1) is 6.61. The Hall–Kier alpha value is -0.610. The summed E-state index contributed by atoms with van der Waals surface area (Å²) in [6, 6.07) is 0. The molecular formula is C10H20N2O2. The monoisotopic (exact) mass is 200 g/mol. The number of rotatable bonds is 3. The molecule has 1 aliphatic heterocycles. The quantitative estimate of drug-likeness (QED) is 0.715. The van der Waals surface area contributed by atoms with Crippen molar-refractivity contribution >= 4 is 5.91 Å². The molecule has 4 heteroatoms. The van der Waals surface area contributed by atoms with Crippen molar-refractivity contribution in [3.8, 4) is 0 Å². The van der Waals surface area contributed by atoms with Crippen LogP contribution in [0.3, 0.4) is 0 Å². The third-order valence-corrected chi connectivity index (χ3v) is 2.86. The van der Waals surface area contributed by atoms with Gasteiger partial charge in [-0.2, -0.15) is 0 Å². The van der Waals surface area contributed by atoms with Gasteiger partial charge in [0.15, 0.2) is 0 Å². The predicted molar refractivity (Wildman–Crippen MR) is 54.9 cm³/mol. The molecule has 1 atom stereocenters. The van der Waals surface area contributed by atoms with Crippen molar-refractivity contribution in [1.29, 1.82) is 0 Å². The number of methoxy groups -OCH3 is 1. The molecule has 2 N–H and O–H groups in total. The van der Waals surface area contributed by atoms with Crippen LogP contribution >= 0.6 is 0 Å². The molecule has 0 spiro atoms. The van der Waals surface area contributed by atoms with Crippen LogP contribution < -0.4 is 5.73 Å². The molecule has 0 aliphatic carbocycles. The van der Waals surface area contributed by atoms with Crippen molar-refractivity contribution in [2.75, 3.05) is 26.7 Å². The standard InChI is InChI=1S/C10H20N2O2/c1-10(14-2)5-3-7-12(8-10)9(13)4-6-11/h3-8,11H2,1-2H3. The summed E-state index contributed by atoms with van der Waals surface area (Å²) in [6.07, 6.45) is 2.48. The van der Waals surface area contributed by atoms with Gasteiger partial charge >= 0.3 is 0 Å². The van der Waals surface area contributed by atoms with Crippen molar-refractivity contribution in [3.63, 3.8) is 0 Å². The Balaban J connectivity index is 2.51. The molecule has 0 bridgehead atoms. The maximum Gasteiger partial charge on any atom is 0.223 e. The molecule has 1 fully saturated rings. The zero-order valence-electron chi connectivity index (χ0n) is 9.08. The molecule has 4 nitrogen and oxygen atoms in total. The second kappa shape index (κ2) is 4.75. The second-order valence-corrected chi connectivity index (χ2v) is 4.11. The Labute approximate surface area is 85.4 Å². The summed E-state index contributed by atoms with van der Waals surface area (Å²) >= 11 is 0. The van der Waals surface area contributed by atoms with Gasteiger partial charge < -0.3 is 15.4 Å². The number of piperidine rings is 1. The van der Waals surface area contributed by atoms with Crippen LogP contribution in [0.2, 0.25) is 0 Å². The van der Waals surface area contributed by atoms with Gasteiger partial charge in [-0.15, -0.1) is 0 Å². The SMILES string of the molecule is COC1(C)CCCN(C(=O)CCN)C1. The van der Waals surface area contributed by atoms with Gasteiger partial charge in [0.1, 0.15) is 0 Å². The summed E-state index contributed by atoms with van der Waals surface area (Å²) in [6.45, 7) is 4.02. The van der Waals surface area contributed by atoms with Crippen LogP contribution in [0.25, 0.3) is 0 Å². The van der Waals surface area contributed by atoms with Gasteiger partial charge in [-0.1, -0.05) is 0 Å². The van der Waals surface area contributed by atoms with Crippen LogP contribution in [0.15, 0.2) is 0 Å². The summed E-state index contributed by atoms with van der Waals surface area (Å²) in [5, 5.41) is 0. The average Bonchev–Trinajstić information content (AvgIpc) is 2.18. The fraction of sp³-hybridized carbons (Fsp3) is 0.900. The number of carbonyl (C=O) groups is 1. The van der Waals surface area contributed by atoms with Crippen LogP contribution in [0.1, 0.15) is 26.2 Å². The van der Waals surface area contributed by atoms with Crippen molar-refractivity contribution in [2.45, 2.75) is 31.8 Å². The van der Waals surface area contributed by atoms with E-state index >= 15 is 0 Å². The van der Waals surface area contributed by atoms with Crippen molar-refractivity contribution in [2.24, 2.45) is 5.73 Å². The summed E-state index contributed by atoms with van der Waals surface area (Å²) < 4.78 is 5.41. The number of hydrogen-bond donors (Lipinski definition) is 1. The van der Waals surface area contributed by atoms with Crippen molar-refractivity contribution < 1.29 is 9.53 Å². The lowest BCUT2D eigenvalue weighted by atomic mass is 9.94. The first-order valence-corrected chi connectivity index (χ1v) is 5.14. The molecule has 0 saturated carbocycles. The first kappa shape index (κ1) is 11.5. The summed E-state index contributed by atoms with van der Waals surface area (Å²) in [5.74, 6) is 0.149. The molecule has 0 aromatic rings. The van der Waals surface area contributed by atoms with Gasteiger partial charge in [0.05, 0.1) is 5.60 Å². The molecule has 0 aromatic heterocycles. The van der Waals surface area contributed by atoms with E-state index in [1.807, 2.05) is 4.90 Å². The van der Waals surface area contributed by atoms with Crippen LogP contribution in [0, 0.1) is 0 Å². The molecule has 0 radical (unpaired) electrons. The van der Waals surface area contributed by atoms with Gasteiger partial charge in [-0.05, 0) is 19.8 Å². The zero-order valence-corrected chi connectivity index (χ0v) is 9.08. The minimum absolute atomic E-state index is 0.149. The van der Waals surface area contributed by atoms with Gasteiger partial charge in [-0.3, -0.25) is 4.79 Å². The largest absolute Gasteiger partial charge is 0.377 e. The van der Waals surface area contributed by atoms with Crippen LogP contribution in [0.4, 0.5) is 0 Å². The zero-order chi connectivity index (χ0) is 10.6. The van der Waals surface area contributed by atoms with Crippen molar-refractivity contribution in [3.05, 3.63) is 0 Å². The minimum Gasteiger partial charge on any atom is -0.377 e. The topological polar surface area (TPSA) is 55.6 Å². The lowest BCUT2D eigenvalue weighted by Crippen LogP contribution is -2.49. The highest BCUT2D eigenvalue weighted by Crippen LogP contribution is 2.23. The van der Waals surface area contributed by atoms with Crippen molar-refractivity contribution in [1.82, 2.24) is 4.90 Å². The summed E-state index contributed by atoms with van der Waals surface area (Å²) in [5.41, 5.74) is 5.19. The van der Waals surface area contributed by atoms with E-state index in [1.165, 1.54) is 0 Å². The van der Waals surface area contributed by atoms with E-state index in [1.54, 1.807) is 7.11 Å². The normalized spacial score (nSPS) is 27.8. The molecule has 1 aliphatic rings. The molecule has 14 heavy (non-hydrogen) atoms. The van der Waals surface area contributed by atoms with E-state index in [4.69, 9.17) is 10.5 Å². The number of carbonyl (C=O) groups excluding carboxylic acids is 1. The highest BCUT2D eigenvalue weighted by molar-refractivity contribution is 5.76. The number of hydrogen-bond acceptors (Lipinski definition) is 3. The molecule has 0 aromatic carbocycles. The molecule has 1 rings (SSSR count). The van der Waals surface area contributed by atoms with E-state index < -0.39 is 0 Å². The molecule has 1 heterocycles. The molecular weight excluding hydrogens is 180 g/mol. The minimum atomic E-state index is -0.164. The predicted octanol–water partition coefficient (Wildman–Crippen LogP) is 0.363. The highest BCUT2D eigenvalue weighted by Gasteiger charge is 2.32. The maximum absolute atomic E-state index is 11.6.